The second-order valence-electron chi connectivity index (χ2n) is 1.70. The van der Waals surface area contributed by atoms with Gasteiger partial charge in [0.1, 0.15) is 0 Å². The Bertz CT molecular complexity index is 242. The van der Waals surface area contributed by atoms with E-state index in [0.29, 0.717) is 0 Å². The summed E-state index contributed by atoms with van der Waals surface area (Å²) in [6.07, 6.45) is 2.12. The van der Waals surface area contributed by atoms with Gasteiger partial charge < -0.3 is 4.74 Å². The molecule has 0 saturated carbocycles. The summed E-state index contributed by atoms with van der Waals surface area (Å²) in [7, 11) is 0. The first-order valence-electron chi connectivity index (χ1n) is 2.76. The predicted octanol–water partition coefficient (Wildman–Crippen LogP) is 1.83. The Morgan fingerprint density at radius 2 is 2.27 bits per heavy atom. The van der Waals surface area contributed by atoms with Gasteiger partial charge in [-0.15, -0.1) is 0 Å². The van der Waals surface area contributed by atoms with Crippen molar-refractivity contribution < 1.29 is 18.6 Å². The van der Waals surface area contributed by atoms with E-state index >= 15 is 0 Å². The SMILES string of the molecule is [O]c1cnccc1OC(F)F. The first kappa shape index (κ1) is 7.71. The molecule has 1 heterocycles. The van der Waals surface area contributed by atoms with Gasteiger partial charge in [-0.2, -0.15) is 8.78 Å². The minimum atomic E-state index is -2.97. The zero-order valence-electron chi connectivity index (χ0n) is 5.33. The highest BCUT2D eigenvalue weighted by Gasteiger charge is 2.08. The quantitative estimate of drug-likeness (QED) is 0.662. The van der Waals surface area contributed by atoms with Gasteiger partial charge in [-0.25, -0.2) is 0 Å². The maximum absolute atomic E-state index is 11.5. The van der Waals surface area contributed by atoms with Gasteiger partial charge in [0, 0.05) is 12.3 Å². The summed E-state index contributed by atoms with van der Waals surface area (Å²) in [6.45, 7) is -2.97. The number of pyridine rings is 1. The number of halogens is 2. The lowest BCUT2D eigenvalue weighted by Crippen LogP contribution is -2.01. The van der Waals surface area contributed by atoms with Crippen molar-refractivity contribution in [3.63, 3.8) is 0 Å². The molecule has 0 saturated heterocycles. The molecule has 1 rings (SSSR count). The third-order valence-corrected chi connectivity index (χ3v) is 0.963. The monoisotopic (exact) mass is 160 g/mol. The second kappa shape index (κ2) is 3.14. The van der Waals surface area contributed by atoms with Crippen molar-refractivity contribution in [3.8, 4) is 11.5 Å². The van der Waals surface area contributed by atoms with Gasteiger partial charge >= 0.3 is 6.61 Å². The molecule has 1 aromatic rings. The van der Waals surface area contributed by atoms with Gasteiger partial charge in [0.05, 0.1) is 6.20 Å². The van der Waals surface area contributed by atoms with Crippen LogP contribution in [0.4, 0.5) is 8.78 Å². The highest BCUT2D eigenvalue weighted by molar-refractivity contribution is 5.34. The summed E-state index contributed by atoms with van der Waals surface area (Å²) in [4.78, 5) is 3.41. The summed E-state index contributed by atoms with van der Waals surface area (Å²) in [6, 6.07) is 1.09. The van der Waals surface area contributed by atoms with Crippen LogP contribution in [-0.4, -0.2) is 11.6 Å². The summed E-state index contributed by atoms with van der Waals surface area (Å²) < 4.78 is 26.9. The van der Waals surface area contributed by atoms with E-state index in [9.17, 15) is 13.9 Å². The first-order chi connectivity index (χ1) is 5.20. The molecule has 0 fully saturated rings. The van der Waals surface area contributed by atoms with Crippen LogP contribution >= 0.6 is 0 Å². The normalized spacial score (nSPS) is 10.1. The van der Waals surface area contributed by atoms with E-state index in [4.69, 9.17) is 0 Å². The molecule has 0 atom stereocenters. The lowest BCUT2D eigenvalue weighted by atomic mass is 10.4. The first-order valence-corrected chi connectivity index (χ1v) is 2.76. The van der Waals surface area contributed by atoms with Gasteiger partial charge in [-0.05, 0) is 0 Å². The fourth-order valence-corrected chi connectivity index (χ4v) is 0.561. The standard InChI is InChI=1S/C6H4F2NO2/c7-6(8)11-5-1-2-9-3-4(5)10/h1-3,6H. The maximum atomic E-state index is 11.5. The van der Waals surface area contributed by atoms with Crippen molar-refractivity contribution in [1.82, 2.24) is 4.98 Å². The van der Waals surface area contributed by atoms with E-state index in [1.54, 1.807) is 0 Å². The van der Waals surface area contributed by atoms with Crippen LogP contribution in [0.25, 0.3) is 0 Å². The fraction of sp³-hybridized carbons (Fsp3) is 0.167. The molecule has 0 aromatic carbocycles. The fourth-order valence-electron chi connectivity index (χ4n) is 0.561. The zero-order valence-corrected chi connectivity index (χ0v) is 5.33. The number of aromatic nitrogens is 1. The van der Waals surface area contributed by atoms with Crippen molar-refractivity contribution in [3.05, 3.63) is 18.5 Å². The Hall–Kier alpha value is -1.39. The largest absolute Gasteiger partial charge is 0.431 e. The number of hydrogen-bond donors (Lipinski definition) is 0. The van der Waals surface area contributed by atoms with E-state index in [1.807, 2.05) is 0 Å². The summed E-state index contributed by atoms with van der Waals surface area (Å²) >= 11 is 0. The van der Waals surface area contributed by atoms with Crippen molar-refractivity contribution in [2.24, 2.45) is 0 Å². The minimum absolute atomic E-state index is 0.380. The minimum Gasteiger partial charge on any atom is -0.431 e. The number of rotatable bonds is 2. The van der Waals surface area contributed by atoms with Crippen molar-refractivity contribution in [2.75, 3.05) is 0 Å². The average Bonchev–Trinajstić information content (AvgIpc) is 1.93. The smallest absolute Gasteiger partial charge is 0.387 e. The zero-order chi connectivity index (χ0) is 8.27. The third-order valence-electron chi connectivity index (χ3n) is 0.963. The molecule has 0 aliphatic carbocycles. The highest BCUT2D eigenvalue weighted by Crippen LogP contribution is 2.25. The molecule has 11 heavy (non-hydrogen) atoms. The van der Waals surface area contributed by atoms with Crippen LogP contribution in [0.5, 0.6) is 11.5 Å². The van der Waals surface area contributed by atoms with E-state index in [1.165, 1.54) is 6.20 Å². The Kier molecular flexibility index (Phi) is 2.20. The Labute approximate surface area is 61.3 Å². The molecular formula is C6H4F2NO2. The molecule has 59 valence electrons. The van der Waals surface area contributed by atoms with Crippen LogP contribution in [0.15, 0.2) is 18.5 Å². The van der Waals surface area contributed by atoms with Crippen LogP contribution in [0, 0.1) is 0 Å². The molecule has 0 bridgehead atoms. The Morgan fingerprint density at radius 1 is 1.55 bits per heavy atom. The Balaban J connectivity index is 2.78. The van der Waals surface area contributed by atoms with Crippen LogP contribution in [0.1, 0.15) is 0 Å². The lowest BCUT2D eigenvalue weighted by Gasteiger charge is -2.02. The second-order valence-corrected chi connectivity index (χ2v) is 1.70. The van der Waals surface area contributed by atoms with Crippen LogP contribution in [0.2, 0.25) is 0 Å². The van der Waals surface area contributed by atoms with Crippen molar-refractivity contribution >= 4 is 0 Å². The van der Waals surface area contributed by atoms with Gasteiger partial charge in [-0.3, -0.25) is 10.1 Å². The summed E-state index contributed by atoms with van der Waals surface area (Å²) in [5.74, 6) is -1.03. The number of ether oxygens (including phenoxy) is 1. The van der Waals surface area contributed by atoms with Gasteiger partial charge in [-0.1, -0.05) is 0 Å². The molecular weight excluding hydrogens is 156 g/mol. The van der Waals surface area contributed by atoms with E-state index < -0.39 is 12.4 Å². The molecule has 0 aliphatic heterocycles. The topological polar surface area (TPSA) is 42.0 Å². The van der Waals surface area contributed by atoms with Crippen LogP contribution < -0.4 is 4.74 Å². The number of nitrogens with zero attached hydrogens (tertiary/aromatic N) is 1. The summed E-state index contributed by atoms with van der Waals surface area (Å²) in [5, 5.41) is 10.6. The molecule has 1 radical (unpaired) electrons. The van der Waals surface area contributed by atoms with E-state index in [2.05, 4.69) is 9.72 Å². The summed E-state index contributed by atoms with van der Waals surface area (Å²) in [5.41, 5.74) is 0. The maximum Gasteiger partial charge on any atom is 0.387 e. The predicted molar refractivity (Wildman–Crippen MR) is 31.0 cm³/mol. The molecule has 5 heteroatoms. The number of hydrogen-bond acceptors (Lipinski definition) is 2. The average molecular weight is 160 g/mol. The molecule has 0 spiro atoms. The molecule has 1 aromatic heterocycles. The van der Waals surface area contributed by atoms with Crippen LogP contribution in [-0.2, 0) is 5.11 Å². The van der Waals surface area contributed by atoms with Gasteiger partial charge in [0.2, 0.25) is 5.75 Å². The van der Waals surface area contributed by atoms with Crippen molar-refractivity contribution in [1.29, 1.82) is 0 Å². The van der Waals surface area contributed by atoms with Gasteiger partial charge in [0.15, 0.2) is 5.75 Å². The van der Waals surface area contributed by atoms with E-state index in [-0.39, 0.29) is 5.75 Å². The number of alkyl halides is 2. The Morgan fingerprint density at radius 3 is 2.82 bits per heavy atom. The molecule has 0 amide bonds. The molecule has 0 aliphatic rings. The third kappa shape index (κ3) is 2.03. The van der Waals surface area contributed by atoms with Crippen molar-refractivity contribution in [2.45, 2.75) is 6.61 Å². The van der Waals surface area contributed by atoms with Gasteiger partial charge in [0.25, 0.3) is 0 Å². The highest BCUT2D eigenvalue weighted by atomic mass is 19.3. The lowest BCUT2D eigenvalue weighted by molar-refractivity contribution is -0.0519. The molecule has 0 N–H and O–H groups in total. The van der Waals surface area contributed by atoms with Crippen LogP contribution in [0.3, 0.4) is 0 Å². The molecule has 0 unspecified atom stereocenters. The molecule has 3 nitrogen and oxygen atoms in total. The van der Waals surface area contributed by atoms with E-state index in [0.717, 1.165) is 12.3 Å².